The van der Waals surface area contributed by atoms with Crippen LogP contribution in [0.1, 0.15) is 127 Å². The Labute approximate surface area is 202 Å². The highest BCUT2D eigenvalue weighted by atomic mass is 17.5. The molecule has 2 atom stereocenters. The summed E-state index contributed by atoms with van der Waals surface area (Å²) in [7, 11) is 0. The molecule has 0 heterocycles. The van der Waals surface area contributed by atoms with E-state index in [1.807, 2.05) is 12.1 Å². The summed E-state index contributed by atoms with van der Waals surface area (Å²) in [5.41, 5.74) is 2.28. The number of unbranched alkanes of at least 4 members (excludes halogenated alkanes) is 10. The second-order valence-electron chi connectivity index (χ2n) is 9.17. The van der Waals surface area contributed by atoms with E-state index in [0.717, 1.165) is 36.8 Å². The van der Waals surface area contributed by atoms with Crippen LogP contribution in [-0.4, -0.2) is 0 Å². The Kier molecular flexibility index (Phi) is 15.6. The summed E-state index contributed by atoms with van der Waals surface area (Å²) in [4.78, 5) is 11.7. The maximum Gasteiger partial charge on any atom is 0.121 e. The van der Waals surface area contributed by atoms with Crippen LogP contribution in [0.25, 0.3) is 0 Å². The minimum absolute atomic E-state index is 0.108. The van der Waals surface area contributed by atoms with E-state index in [0.29, 0.717) is 0 Å². The van der Waals surface area contributed by atoms with Crippen LogP contribution in [0, 0.1) is 0 Å². The molecule has 184 valence electrons. The topological polar surface area (TPSA) is 27.7 Å². The fourth-order valence-corrected chi connectivity index (χ4v) is 4.21. The van der Waals surface area contributed by atoms with Crippen LogP contribution in [0.15, 0.2) is 60.7 Å². The molecule has 0 spiro atoms. The van der Waals surface area contributed by atoms with E-state index >= 15 is 0 Å². The van der Waals surface area contributed by atoms with E-state index in [9.17, 15) is 0 Å². The average molecular weight is 455 g/mol. The Morgan fingerprint density at radius 2 is 0.848 bits per heavy atom. The molecule has 3 heteroatoms. The molecule has 33 heavy (non-hydrogen) atoms. The third kappa shape index (κ3) is 12.4. The minimum atomic E-state index is -0.108. The number of hydrogen-bond acceptors (Lipinski definition) is 3. The lowest BCUT2D eigenvalue weighted by molar-refractivity contribution is -0.544. The summed E-state index contributed by atoms with van der Waals surface area (Å²) in [6, 6.07) is 20.7. The van der Waals surface area contributed by atoms with E-state index in [-0.39, 0.29) is 12.2 Å². The van der Waals surface area contributed by atoms with Gasteiger partial charge in [-0.15, -0.1) is 0 Å². The Bertz CT molecular complexity index is 614. The standard InChI is InChI=1S/C30H46O3/c1-3-5-7-9-11-19-25-29(27-21-15-13-16-22-27)31-33-32-30(28-23-17-14-18-24-28)26-20-12-10-8-6-4-2/h13-18,21-24,29-30H,3-12,19-20,25-26H2,1-2H3. The predicted molar refractivity (Wildman–Crippen MR) is 138 cm³/mol. The maximum atomic E-state index is 5.85. The summed E-state index contributed by atoms with van der Waals surface area (Å²) in [5.74, 6) is 0. The molecule has 0 aliphatic rings. The van der Waals surface area contributed by atoms with Gasteiger partial charge in [-0.2, -0.15) is 9.78 Å². The van der Waals surface area contributed by atoms with Crippen LogP contribution >= 0.6 is 0 Å². The highest BCUT2D eigenvalue weighted by Crippen LogP contribution is 2.28. The van der Waals surface area contributed by atoms with Crippen LogP contribution in [0.3, 0.4) is 0 Å². The van der Waals surface area contributed by atoms with Crippen LogP contribution in [0.4, 0.5) is 0 Å². The second kappa shape index (κ2) is 18.7. The maximum absolute atomic E-state index is 5.85. The molecule has 0 aliphatic heterocycles. The van der Waals surface area contributed by atoms with Crippen molar-refractivity contribution < 1.29 is 14.8 Å². The quantitative estimate of drug-likeness (QED) is 0.113. The fourth-order valence-electron chi connectivity index (χ4n) is 4.21. The normalized spacial score (nSPS) is 13.2. The van der Waals surface area contributed by atoms with Crippen molar-refractivity contribution >= 4 is 0 Å². The smallest absolute Gasteiger partial charge is 0.121 e. The molecular weight excluding hydrogens is 408 g/mol. The molecular formula is C30H46O3. The third-order valence-electron chi connectivity index (χ3n) is 6.29. The van der Waals surface area contributed by atoms with E-state index in [1.54, 1.807) is 0 Å². The molecule has 0 saturated carbocycles. The van der Waals surface area contributed by atoms with Gasteiger partial charge >= 0.3 is 0 Å². The van der Waals surface area contributed by atoms with Crippen LogP contribution in [-0.2, 0) is 14.8 Å². The lowest BCUT2D eigenvalue weighted by Gasteiger charge is -2.20. The fraction of sp³-hybridized carbons (Fsp3) is 0.600. The molecule has 0 fully saturated rings. The lowest BCUT2D eigenvalue weighted by Crippen LogP contribution is -2.10. The Balaban J connectivity index is 1.84. The Morgan fingerprint density at radius 3 is 1.24 bits per heavy atom. The van der Waals surface area contributed by atoms with Gasteiger partial charge in [0.2, 0.25) is 0 Å². The van der Waals surface area contributed by atoms with Gasteiger partial charge in [-0.1, -0.05) is 157 Å². The van der Waals surface area contributed by atoms with E-state index in [4.69, 9.17) is 14.8 Å². The monoisotopic (exact) mass is 454 g/mol. The first-order valence-corrected chi connectivity index (χ1v) is 13.4. The summed E-state index contributed by atoms with van der Waals surface area (Å²) in [6.07, 6.45) is 16.8. The van der Waals surface area contributed by atoms with Crippen molar-refractivity contribution in [3.8, 4) is 0 Å². The first kappa shape index (κ1) is 27.6. The average Bonchev–Trinajstić information content (AvgIpc) is 2.87. The molecule has 2 aromatic carbocycles. The SMILES string of the molecule is CCCCCCCCC(OOOC(CCCCCCCC)c1ccccc1)c1ccccc1. The van der Waals surface area contributed by atoms with E-state index in [1.165, 1.54) is 64.2 Å². The van der Waals surface area contributed by atoms with Gasteiger partial charge in [-0.05, 0) is 24.0 Å². The molecule has 2 rings (SSSR count). The molecule has 0 N–H and O–H groups in total. The zero-order chi connectivity index (χ0) is 23.4. The Morgan fingerprint density at radius 1 is 0.485 bits per heavy atom. The third-order valence-corrected chi connectivity index (χ3v) is 6.29. The van der Waals surface area contributed by atoms with Crippen molar-refractivity contribution in [2.24, 2.45) is 0 Å². The van der Waals surface area contributed by atoms with Crippen molar-refractivity contribution in [3.63, 3.8) is 0 Å². The van der Waals surface area contributed by atoms with Crippen molar-refractivity contribution in [1.29, 1.82) is 0 Å². The van der Waals surface area contributed by atoms with Crippen molar-refractivity contribution in [3.05, 3.63) is 71.8 Å². The predicted octanol–water partition coefficient (Wildman–Crippen LogP) is 9.85. The van der Waals surface area contributed by atoms with Gasteiger partial charge in [0.05, 0.1) is 0 Å². The largest absolute Gasteiger partial charge is 0.198 e. The van der Waals surface area contributed by atoms with E-state index in [2.05, 4.69) is 62.4 Å². The summed E-state index contributed by atoms with van der Waals surface area (Å²) in [6.45, 7) is 4.51. The Hall–Kier alpha value is -1.68. The van der Waals surface area contributed by atoms with Crippen LogP contribution in [0.5, 0.6) is 0 Å². The molecule has 0 bridgehead atoms. The number of rotatable bonds is 20. The molecule has 0 saturated heterocycles. The molecule has 0 amide bonds. The lowest BCUT2D eigenvalue weighted by atomic mass is 10.0. The molecule has 2 aromatic rings. The number of benzene rings is 2. The van der Waals surface area contributed by atoms with Crippen LogP contribution < -0.4 is 0 Å². The highest BCUT2D eigenvalue weighted by Gasteiger charge is 2.17. The van der Waals surface area contributed by atoms with Crippen molar-refractivity contribution in [2.75, 3.05) is 0 Å². The van der Waals surface area contributed by atoms with Crippen molar-refractivity contribution in [2.45, 2.75) is 116 Å². The van der Waals surface area contributed by atoms with Gasteiger partial charge < -0.3 is 0 Å². The minimum Gasteiger partial charge on any atom is -0.198 e. The van der Waals surface area contributed by atoms with Gasteiger partial charge in [-0.25, -0.2) is 0 Å². The van der Waals surface area contributed by atoms with Crippen LogP contribution in [0.2, 0.25) is 0 Å². The summed E-state index contributed by atoms with van der Waals surface area (Å²) < 4.78 is 0. The molecule has 3 nitrogen and oxygen atoms in total. The van der Waals surface area contributed by atoms with Gasteiger partial charge in [0.1, 0.15) is 12.2 Å². The first-order chi connectivity index (χ1) is 16.3. The second-order valence-corrected chi connectivity index (χ2v) is 9.17. The first-order valence-electron chi connectivity index (χ1n) is 13.4. The van der Waals surface area contributed by atoms with Gasteiger partial charge in [-0.3, -0.25) is 0 Å². The highest BCUT2D eigenvalue weighted by molar-refractivity contribution is 5.18. The summed E-state index contributed by atoms with van der Waals surface area (Å²) in [5, 5.41) is 5.46. The molecule has 0 aromatic heterocycles. The zero-order valence-electron chi connectivity index (χ0n) is 21.1. The van der Waals surface area contributed by atoms with E-state index < -0.39 is 0 Å². The molecule has 0 aliphatic carbocycles. The van der Waals surface area contributed by atoms with Gasteiger partial charge in [0.25, 0.3) is 0 Å². The molecule has 0 radical (unpaired) electrons. The molecule has 2 unspecified atom stereocenters. The number of hydrogen-bond donors (Lipinski definition) is 0. The summed E-state index contributed by atoms with van der Waals surface area (Å²) >= 11 is 0. The van der Waals surface area contributed by atoms with Crippen molar-refractivity contribution in [1.82, 2.24) is 0 Å². The van der Waals surface area contributed by atoms with Gasteiger partial charge in [0, 0.05) is 0 Å². The zero-order valence-corrected chi connectivity index (χ0v) is 21.1. The van der Waals surface area contributed by atoms with Gasteiger partial charge in [0.15, 0.2) is 0 Å².